The molecule has 1 aliphatic rings. The van der Waals surface area contributed by atoms with Crippen LogP contribution in [0.15, 0.2) is 22.7 Å². The summed E-state index contributed by atoms with van der Waals surface area (Å²) in [6.07, 6.45) is 0.234. The summed E-state index contributed by atoms with van der Waals surface area (Å²) in [6, 6.07) is 5.60. The molecule has 1 heterocycles. The summed E-state index contributed by atoms with van der Waals surface area (Å²) < 4.78 is 10.5. The molecule has 0 N–H and O–H groups in total. The van der Waals surface area contributed by atoms with Gasteiger partial charge < -0.3 is 14.4 Å². The topological polar surface area (TPSA) is 55.8 Å². The smallest absolute Gasteiger partial charge is 0.343 e. The van der Waals surface area contributed by atoms with Crippen molar-refractivity contribution >= 4 is 33.6 Å². The van der Waals surface area contributed by atoms with E-state index in [1.165, 1.54) is 14.2 Å². The molecule has 1 aliphatic heterocycles. The minimum absolute atomic E-state index is 0.234. The molecule has 0 spiro atoms. The molecule has 1 aromatic carbocycles. The van der Waals surface area contributed by atoms with Gasteiger partial charge in [-0.3, -0.25) is 0 Å². The van der Waals surface area contributed by atoms with Gasteiger partial charge in [0.15, 0.2) is 0 Å². The fourth-order valence-corrected chi connectivity index (χ4v) is 2.87. The molecular formula is C13H14BrNO4. The van der Waals surface area contributed by atoms with Crippen LogP contribution in [0.25, 0.3) is 0 Å². The summed E-state index contributed by atoms with van der Waals surface area (Å²) in [5, 5.41) is 0. The van der Waals surface area contributed by atoms with E-state index in [9.17, 15) is 9.59 Å². The Kier molecular flexibility index (Phi) is 3.54. The van der Waals surface area contributed by atoms with Gasteiger partial charge in [-0.25, -0.2) is 9.59 Å². The quantitative estimate of drug-likeness (QED) is 0.609. The van der Waals surface area contributed by atoms with E-state index in [0.717, 1.165) is 15.7 Å². The lowest BCUT2D eigenvalue weighted by Gasteiger charge is -2.31. The average molecular weight is 328 g/mol. The summed E-state index contributed by atoms with van der Waals surface area (Å²) >= 11 is 3.38. The molecule has 2 rings (SSSR count). The normalized spacial score (nSPS) is 15.9. The first kappa shape index (κ1) is 13.9. The zero-order valence-corrected chi connectivity index (χ0v) is 12.5. The number of ether oxygens (including phenoxy) is 2. The van der Waals surface area contributed by atoms with Crippen molar-refractivity contribution in [3.05, 3.63) is 28.2 Å². The maximum absolute atomic E-state index is 12.1. The summed E-state index contributed by atoms with van der Waals surface area (Å²) in [5.74, 6) is -1.23. The molecule has 5 nitrogen and oxygen atoms in total. The predicted octanol–water partition coefficient (Wildman–Crippen LogP) is 1.53. The van der Waals surface area contributed by atoms with Gasteiger partial charge in [0.2, 0.25) is 5.54 Å². The molecule has 0 amide bonds. The molecular weight excluding hydrogens is 314 g/mol. The van der Waals surface area contributed by atoms with Crippen molar-refractivity contribution in [3.8, 4) is 0 Å². The van der Waals surface area contributed by atoms with Crippen LogP contribution in [0, 0.1) is 0 Å². The molecule has 1 aromatic rings. The zero-order chi connectivity index (χ0) is 14.2. The van der Waals surface area contributed by atoms with E-state index in [1.54, 1.807) is 11.9 Å². The van der Waals surface area contributed by atoms with Crippen molar-refractivity contribution in [2.45, 2.75) is 12.0 Å². The van der Waals surface area contributed by atoms with E-state index in [4.69, 9.17) is 9.47 Å². The standard InChI is InChI=1S/C13H14BrNO4/c1-15-10-5-4-9(14)6-8(10)7-13(15,11(16)18-2)12(17)19-3/h4-6H,7H2,1-3H3. The van der Waals surface area contributed by atoms with Crippen LogP contribution >= 0.6 is 15.9 Å². The Balaban J connectivity index is 2.55. The van der Waals surface area contributed by atoms with Gasteiger partial charge in [-0.05, 0) is 23.8 Å². The second-order valence-electron chi connectivity index (χ2n) is 4.35. The van der Waals surface area contributed by atoms with E-state index in [1.807, 2.05) is 18.2 Å². The van der Waals surface area contributed by atoms with Gasteiger partial charge in [-0.2, -0.15) is 0 Å². The van der Waals surface area contributed by atoms with Gasteiger partial charge >= 0.3 is 11.9 Å². The molecule has 0 bridgehead atoms. The third kappa shape index (κ3) is 1.90. The van der Waals surface area contributed by atoms with Crippen LogP contribution in [0.4, 0.5) is 5.69 Å². The van der Waals surface area contributed by atoms with Crippen molar-refractivity contribution in [1.82, 2.24) is 0 Å². The van der Waals surface area contributed by atoms with E-state index in [0.29, 0.717) is 0 Å². The number of anilines is 1. The number of hydrogen-bond donors (Lipinski definition) is 0. The first-order valence-corrected chi connectivity index (χ1v) is 6.45. The van der Waals surface area contributed by atoms with E-state index >= 15 is 0 Å². The summed E-state index contributed by atoms with van der Waals surface area (Å²) in [6.45, 7) is 0. The fraction of sp³-hybridized carbons (Fsp3) is 0.385. The van der Waals surface area contributed by atoms with Crippen LogP contribution in [-0.4, -0.2) is 38.7 Å². The maximum atomic E-state index is 12.1. The minimum atomic E-state index is -1.44. The highest BCUT2D eigenvalue weighted by atomic mass is 79.9. The number of rotatable bonds is 2. The highest BCUT2D eigenvalue weighted by Gasteiger charge is 2.56. The number of esters is 2. The Morgan fingerprint density at radius 2 is 1.84 bits per heavy atom. The van der Waals surface area contributed by atoms with Crippen molar-refractivity contribution in [3.63, 3.8) is 0 Å². The number of hydrogen-bond acceptors (Lipinski definition) is 5. The van der Waals surface area contributed by atoms with Crippen molar-refractivity contribution in [2.24, 2.45) is 0 Å². The molecule has 0 radical (unpaired) electrons. The van der Waals surface area contributed by atoms with Crippen LogP contribution in [-0.2, 0) is 25.5 Å². The molecule has 0 saturated heterocycles. The van der Waals surface area contributed by atoms with E-state index < -0.39 is 17.5 Å². The van der Waals surface area contributed by atoms with Crippen LogP contribution in [0.1, 0.15) is 5.56 Å². The largest absolute Gasteiger partial charge is 0.467 e. The highest BCUT2D eigenvalue weighted by molar-refractivity contribution is 9.10. The third-order valence-electron chi connectivity index (χ3n) is 3.47. The Morgan fingerprint density at radius 3 is 2.37 bits per heavy atom. The Bertz CT molecular complexity index is 527. The molecule has 0 atom stereocenters. The number of benzene rings is 1. The molecule has 0 fully saturated rings. The average Bonchev–Trinajstić information content (AvgIpc) is 2.70. The second-order valence-corrected chi connectivity index (χ2v) is 5.27. The van der Waals surface area contributed by atoms with Crippen LogP contribution in [0.2, 0.25) is 0 Å². The van der Waals surface area contributed by atoms with Crippen molar-refractivity contribution < 1.29 is 19.1 Å². The SMILES string of the molecule is COC(=O)C1(C(=O)OC)Cc2cc(Br)ccc2N1C. The highest BCUT2D eigenvalue weighted by Crippen LogP contribution is 2.40. The van der Waals surface area contributed by atoms with Gasteiger partial charge in [-0.15, -0.1) is 0 Å². The summed E-state index contributed by atoms with van der Waals surface area (Å²) in [4.78, 5) is 25.9. The molecule has 0 saturated carbocycles. The number of carbonyl (C=O) groups is 2. The molecule has 0 unspecified atom stereocenters. The van der Waals surface area contributed by atoms with E-state index in [2.05, 4.69) is 15.9 Å². The second kappa shape index (κ2) is 4.85. The lowest BCUT2D eigenvalue weighted by molar-refractivity contribution is -0.160. The molecule has 19 heavy (non-hydrogen) atoms. The lowest BCUT2D eigenvalue weighted by Crippen LogP contribution is -2.58. The zero-order valence-electron chi connectivity index (χ0n) is 10.9. The van der Waals surface area contributed by atoms with Gasteiger partial charge in [-0.1, -0.05) is 15.9 Å². The molecule has 0 aliphatic carbocycles. The van der Waals surface area contributed by atoms with Crippen molar-refractivity contribution in [1.29, 1.82) is 0 Å². The number of nitrogens with zero attached hydrogens (tertiary/aromatic N) is 1. The summed E-state index contributed by atoms with van der Waals surface area (Å²) in [7, 11) is 4.22. The van der Waals surface area contributed by atoms with Crippen molar-refractivity contribution in [2.75, 3.05) is 26.2 Å². The number of carbonyl (C=O) groups excluding carboxylic acids is 2. The molecule has 102 valence electrons. The lowest BCUT2D eigenvalue weighted by atomic mass is 9.94. The summed E-state index contributed by atoms with van der Waals surface area (Å²) in [5.41, 5.74) is 0.277. The predicted molar refractivity (Wildman–Crippen MR) is 73.0 cm³/mol. The number of fused-ring (bicyclic) bond motifs is 1. The monoisotopic (exact) mass is 327 g/mol. The number of halogens is 1. The van der Waals surface area contributed by atoms with Gasteiger partial charge in [0.25, 0.3) is 0 Å². The van der Waals surface area contributed by atoms with E-state index in [-0.39, 0.29) is 6.42 Å². The van der Waals surface area contributed by atoms with Crippen LogP contribution in [0.5, 0.6) is 0 Å². The first-order valence-electron chi connectivity index (χ1n) is 5.66. The Labute approximate surface area is 119 Å². The van der Waals surface area contributed by atoms with Gasteiger partial charge in [0.05, 0.1) is 14.2 Å². The Hall–Kier alpha value is -1.56. The Morgan fingerprint density at radius 1 is 1.26 bits per heavy atom. The van der Waals surface area contributed by atoms with Crippen LogP contribution < -0.4 is 4.90 Å². The first-order chi connectivity index (χ1) is 8.97. The fourth-order valence-electron chi connectivity index (χ4n) is 2.46. The molecule has 6 heteroatoms. The van der Waals surface area contributed by atoms with Crippen LogP contribution in [0.3, 0.4) is 0 Å². The van der Waals surface area contributed by atoms with Gasteiger partial charge in [0.1, 0.15) is 0 Å². The third-order valence-corrected chi connectivity index (χ3v) is 3.96. The number of methoxy groups -OCH3 is 2. The molecule has 0 aromatic heterocycles. The van der Waals surface area contributed by atoms with Gasteiger partial charge in [0, 0.05) is 23.6 Å². The maximum Gasteiger partial charge on any atom is 0.343 e. The minimum Gasteiger partial charge on any atom is -0.467 e. The number of likely N-dealkylation sites (N-methyl/N-ethyl adjacent to an activating group) is 1.